The maximum Gasteiger partial charge on any atom is 0.258 e. The van der Waals surface area contributed by atoms with Crippen LogP contribution >= 0.6 is 0 Å². The molecule has 3 rings (SSSR count). The molecule has 0 spiro atoms. The molecule has 0 aliphatic rings. The monoisotopic (exact) mass is 394 g/mol. The Morgan fingerprint density at radius 1 is 1.21 bits per heavy atom. The van der Waals surface area contributed by atoms with Crippen LogP contribution in [0.3, 0.4) is 0 Å². The molecule has 3 aromatic rings. The minimum atomic E-state index is -0.167. The highest BCUT2D eigenvalue weighted by molar-refractivity contribution is 5.85. The first-order valence-corrected chi connectivity index (χ1v) is 10.1. The Morgan fingerprint density at radius 2 is 1.90 bits per heavy atom. The fourth-order valence-corrected chi connectivity index (χ4v) is 3.59. The van der Waals surface area contributed by atoms with Crippen molar-refractivity contribution in [2.45, 2.75) is 47.1 Å². The summed E-state index contributed by atoms with van der Waals surface area (Å²) in [6.07, 6.45) is 0.999. The van der Waals surface area contributed by atoms with Crippen molar-refractivity contribution in [3.8, 4) is 5.88 Å². The molecule has 0 aliphatic heterocycles. The summed E-state index contributed by atoms with van der Waals surface area (Å²) in [6, 6.07) is 10.3. The Bertz CT molecular complexity index is 1010. The van der Waals surface area contributed by atoms with Gasteiger partial charge in [-0.2, -0.15) is 0 Å². The van der Waals surface area contributed by atoms with Gasteiger partial charge in [0.05, 0.1) is 11.4 Å². The number of aryl methyl sites for hydroxylation is 4. The molecular weight excluding hydrogens is 364 g/mol. The number of carbonyl (C=O) groups excluding carboxylic acids is 1. The zero-order chi connectivity index (χ0) is 21.1. The second-order valence-corrected chi connectivity index (χ2v) is 7.88. The maximum atomic E-state index is 12.6. The Morgan fingerprint density at radius 3 is 2.52 bits per heavy atom. The highest BCUT2D eigenvalue weighted by Gasteiger charge is 2.20. The van der Waals surface area contributed by atoms with Gasteiger partial charge in [0.2, 0.25) is 5.88 Å². The summed E-state index contributed by atoms with van der Waals surface area (Å²) in [6.45, 7) is 10.2. The smallest absolute Gasteiger partial charge is 0.258 e. The minimum absolute atomic E-state index is 0.0662. The first-order valence-electron chi connectivity index (χ1n) is 10.1. The van der Waals surface area contributed by atoms with Crippen molar-refractivity contribution < 1.29 is 9.53 Å². The van der Waals surface area contributed by atoms with Crippen molar-refractivity contribution in [1.82, 2.24) is 20.1 Å². The largest absolute Gasteiger partial charge is 0.466 e. The lowest BCUT2D eigenvalue weighted by Crippen LogP contribution is -2.35. The van der Waals surface area contributed by atoms with E-state index in [-0.39, 0.29) is 24.5 Å². The van der Waals surface area contributed by atoms with Crippen LogP contribution in [-0.2, 0) is 18.3 Å². The molecule has 0 bridgehead atoms. The van der Waals surface area contributed by atoms with E-state index < -0.39 is 0 Å². The highest BCUT2D eigenvalue weighted by atomic mass is 16.5. The molecule has 6 nitrogen and oxygen atoms in total. The van der Waals surface area contributed by atoms with E-state index in [2.05, 4.69) is 60.4 Å². The quantitative estimate of drug-likeness (QED) is 0.657. The fraction of sp³-hybridized carbons (Fsp3) is 0.435. The first kappa shape index (κ1) is 20.8. The number of amides is 1. The SMILES string of the molecule is CCc1ccc(C(NC(=O)COc2nn(C)c3nc(C)cc(C)c23)C(C)C)cc1. The lowest BCUT2D eigenvalue weighted by molar-refractivity contribution is -0.124. The van der Waals surface area contributed by atoms with Crippen LogP contribution in [0.1, 0.15) is 49.2 Å². The van der Waals surface area contributed by atoms with E-state index in [0.717, 1.165) is 34.3 Å². The molecule has 29 heavy (non-hydrogen) atoms. The van der Waals surface area contributed by atoms with Gasteiger partial charge in [0, 0.05) is 12.7 Å². The van der Waals surface area contributed by atoms with Crippen LogP contribution in [0.4, 0.5) is 0 Å². The standard InChI is InChI=1S/C23H30N4O2/c1-7-17-8-10-18(11-9-17)21(14(2)3)25-19(28)13-29-23-20-15(4)12-16(5)24-22(20)27(6)26-23/h8-12,14,21H,7,13H2,1-6H3,(H,25,28). The average Bonchev–Trinajstić information content (AvgIpc) is 3.00. The summed E-state index contributed by atoms with van der Waals surface area (Å²) in [5, 5.41) is 8.36. The molecule has 0 saturated heterocycles. The number of hydrogen-bond donors (Lipinski definition) is 1. The molecule has 154 valence electrons. The summed E-state index contributed by atoms with van der Waals surface area (Å²) < 4.78 is 7.48. The van der Waals surface area contributed by atoms with Crippen LogP contribution in [0.5, 0.6) is 5.88 Å². The lowest BCUT2D eigenvalue weighted by Gasteiger charge is -2.23. The zero-order valence-electron chi connectivity index (χ0n) is 18.1. The number of fused-ring (bicyclic) bond motifs is 1. The molecular formula is C23H30N4O2. The number of carbonyl (C=O) groups is 1. The number of benzene rings is 1. The van der Waals surface area contributed by atoms with Gasteiger partial charge in [-0.25, -0.2) is 9.67 Å². The summed E-state index contributed by atoms with van der Waals surface area (Å²) in [7, 11) is 1.83. The zero-order valence-corrected chi connectivity index (χ0v) is 18.1. The Balaban J connectivity index is 1.72. The highest BCUT2D eigenvalue weighted by Crippen LogP contribution is 2.27. The summed E-state index contributed by atoms with van der Waals surface area (Å²) in [5.74, 6) is 0.535. The lowest BCUT2D eigenvalue weighted by atomic mass is 9.95. The Hall–Kier alpha value is -2.89. The third-order valence-corrected chi connectivity index (χ3v) is 5.16. The molecule has 1 aromatic carbocycles. The number of pyridine rings is 1. The fourth-order valence-electron chi connectivity index (χ4n) is 3.59. The molecule has 0 fully saturated rings. The third kappa shape index (κ3) is 4.58. The number of aromatic nitrogens is 3. The van der Waals surface area contributed by atoms with Gasteiger partial charge in [-0.15, -0.1) is 5.10 Å². The number of nitrogens with zero attached hydrogens (tertiary/aromatic N) is 3. The number of nitrogens with one attached hydrogen (secondary N) is 1. The Labute approximate surface area is 172 Å². The van der Waals surface area contributed by atoms with Gasteiger partial charge < -0.3 is 10.1 Å². The average molecular weight is 395 g/mol. The molecule has 1 unspecified atom stereocenters. The molecule has 6 heteroatoms. The van der Waals surface area contributed by atoms with Crippen LogP contribution in [0.25, 0.3) is 11.0 Å². The van der Waals surface area contributed by atoms with E-state index in [0.29, 0.717) is 5.88 Å². The van der Waals surface area contributed by atoms with Gasteiger partial charge in [-0.05, 0) is 48.9 Å². The molecule has 2 heterocycles. The van der Waals surface area contributed by atoms with Crippen molar-refractivity contribution in [2.24, 2.45) is 13.0 Å². The molecule has 0 saturated carbocycles. The second kappa shape index (κ2) is 8.64. The summed E-state index contributed by atoms with van der Waals surface area (Å²) in [4.78, 5) is 17.2. The van der Waals surface area contributed by atoms with Crippen LogP contribution in [0.15, 0.2) is 30.3 Å². The maximum absolute atomic E-state index is 12.6. The number of ether oxygens (including phenoxy) is 1. The topological polar surface area (TPSA) is 69.0 Å². The van der Waals surface area contributed by atoms with Gasteiger partial charge in [0.1, 0.15) is 0 Å². The van der Waals surface area contributed by atoms with Crippen molar-refractivity contribution >= 4 is 16.9 Å². The molecule has 2 aromatic heterocycles. The minimum Gasteiger partial charge on any atom is -0.466 e. The van der Waals surface area contributed by atoms with E-state index in [4.69, 9.17) is 4.74 Å². The first-order chi connectivity index (χ1) is 13.8. The van der Waals surface area contributed by atoms with Crippen LogP contribution in [0.2, 0.25) is 0 Å². The Kier molecular flexibility index (Phi) is 6.20. The van der Waals surface area contributed by atoms with Gasteiger partial charge in [-0.3, -0.25) is 4.79 Å². The number of hydrogen-bond acceptors (Lipinski definition) is 4. The molecule has 1 atom stereocenters. The van der Waals surface area contributed by atoms with Crippen molar-refractivity contribution in [3.05, 3.63) is 52.7 Å². The third-order valence-electron chi connectivity index (χ3n) is 5.16. The van der Waals surface area contributed by atoms with E-state index >= 15 is 0 Å². The van der Waals surface area contributed by atoms with E-state index in [1.165, 1.54) is 5.56 Å². The second-order valence-electron chi connectivity index (χ2n) is 7.88. The van der Waals surface area contributed by atoms with Crippen LogP contribution < -0.4 is 10.1 Å². The normalized spacial score (nSPS) is 12.4. The van der Waals surface area contributed by atoms with E-state index in [1.54, 1.807) is 4.68 Å². The van der Waals surface area contributed by atoms with Crippen molar-refractivity contribution in [2.75, 3.05) is 6.61 Å². The van der Waals surface area contributed by atoms with Crippen LogP contribution in [0, 0.1) is 19.8 Å². The van der Waals surface area contributed by atoms with Gasteiger partial charge in [-0.1, -0.05) is 45.0 Å². The molecule has 1 amide bonds. The van der Waals surface area contributed by atoms with Crippen molar-refractivity contribution in [3.63, 3.8) is 0 Å². The van der Waals surface area contributed by atoms with Gasteiger partial charge >= 0.3 is 0 Å². The van der Waals surface area contributed by atoms with Gasteiger partial charge in [0.15, 0.2) is 12.3 Å². The predicted molar refractivity (Wildman–Crippen MR) is 115 cm³/mol. The van der Waals surface area contributed by atoms with Gasteiger partial charge in [0.25, 0.3) is 5.91 Å². The van der Waals surface area contributed by atoms with Crippen molar-refractivity contribution in [1.29, 1.82) is 0 Å². The predicted octanol–water partition coefficient (Wildman–Crippen LogP) is 4.04. The summed E-state index contributed by atoms with van der Waals surface area (Å²) in [5.41, 5.74) is 5.11. The van der Waals surface area contributed by atoms with E-state index in [1.807, 2.05) is 27.0 Å². The summed E-state index contributed by atoms with van der Waals surface area (Å²) >= 11 is 0. The van der Waals surface area contributed by atoms with E-state index in [9.17, 15) is 4.79 Å². The number of rotatable bonds is 7. The van der Waals surface area contributed by atoms with Crippen LogP contribution in [-0.4, -0.2) is 27.3 Å². The molecule has 0 aliphatic carbocycles. The molecule has 1 N–H and O–H groups in total. The molecule has 0 radical (unpaired) electrons.